The normalized spacial score (nSPS) is 15.1. The van der Waals surface area contributed by atoms with Crippen LogP contribution in [-0.4, -0.2) is 28.0 Å². The van der Waals surface area contributed by atoms with Crippen LogP contribution in [0.2, 0.25) is 0 Å². The molecule has 2 aromatic carbocycles. The molecule has 0 saturated heterocycles. The topological polar surface area (TPSA) is 88.5 Å². The number of carbonyl (C=O) groups excluding carboxylic acids is 1. The van der Waals surface area contributed by atoms with E-state index < -0.39 is 35.1 Å². The summed E-state index contributed by atoms with van der Waals surface area (Å²) in [5, 5.41) is 13.1. The number of nitrogens with zero attached hydrogens (tertiary/aromatic N) is 1. The monoisotopic (exact) mass is 506 g/mol. The Bertz CT molecular complexity index is 1260. The van der Waals surface area contributed by atoms with Crippen molar-refractivity contribution in [2.24, 2.45) is 5.41 Å². The number of alkyl halides is 3. The van der Waals surface area contributed by atoms with Gasteiger partial charge in [-0.15, -0.1) is 11.3 Å². The summed E-state index contributed by atoms with van der Waals surface area (Å²) in [6.45, 7) is 5.04. The number of rotatable bonds is 7. The van der Waals surface area contributed by atoms with E-state index in [9.17, 15) is 27.9 Å². The second-order valence-corrected chi connectivity index (χ2v) is 10.8. The van der Waals surface area contributed by atoms with Crippen molar-refractivity contribution >= 4 is 33.4 Å². The van der Waals surface area contributed by atoms with E-state index in [1.54, 1.807) is 32.9 Å². The van der Waals surface area contributed by atoms with Gasteiger partial charge >= 0.3 is 12.1 Å². The highest BCUT2D eigenvalue weighted by molar-refractivity contribution is 7.18. The summed E-state index contributed by atoms with van der Waals surface area (Å²) >= 11 is 1.51. The fourth-order valence-electron chi connectivity index (χ4n) is 3.62. The first-order valence-corrected chi connectivity index (χ1v) is 11.9. The summed E-state index contributed by atoms with van der Waals surface area (Å²) in [6.07, 6.45) is -2.36. The molecule has 4 rings (SSSR count). The van der Waals surface area contributed by atoms with Gasteiger partial charge < -0.3 is 15.2 Å². The van der Waals surface area contributed by atoms with Crippen LogP contribution in [0.4, 0.5) is 13.2 Å². The second kappa shape index (κ2) is 9.14. The smallest absolute Gasteiger partial charge is 0.416 e. The van der Waals surface area contributed by atoms with Crippen molar-refractivity contribution in [3.05, 3.63) is 58.1 Å². The van der Waals surface area contributed by atoms with Gasteiger partial charge in [-0.1, -0.05) is 32.9 Å². The Morgan fingerprint density at radius 1 is 1.14 bits per heavy atom. The van der Waals surface area contributed by atoms with E-state index in [0.717, 1.165) is 34.7 Å². The van der Waals surface area contributed by atoms with Gasteiger partial charge in [-0.3, -0.25) is 4.79 Å². The Morgan fingerprint density at radius 2 is 1.80 bits per heavy atom. The first-order chi connectivity index (χ1) is 16.3. The van der Waals surface area contributed by atoms with Gasteiger partial charge in [0.05, 0.1) is 20.8 Å². The summed E-state index contributed by atoms with van der Waals surface area (Å²) in [5.41, 5.74) is -0.422. The Morgan fingerprint density at radius 3 is 2.34 bits per heavy atom. The molecule has 10 heteroatoms. The fraction of sp³-hybridized carbons (Fsp3) is 0.400. The summed E-state index contributed by atoms with van der Waals surface area (Å²) in [7, 11) is 0. The third kappa shape index (κ3) is 5.58. The molecule has 186 valence electrons. The summed E-state index contributed by atoms with van der Waals surface area (Å²) in [5.74, 6) is -1.23. The van der Waals surface area contributed by atoms with Crippen LogP contribution in [-0.2, 0) is 17.6 Å². The molecule has 1 aliphatic rings. The zero-order valence-electron chi connectivity index (χ0n) is 19.4. The predicted octanol–water partition coefficient (Wildman–Crippen LogP) is 6.00. The highest BCUT2D eigenvalue weighted by atomic mass is 32.1. The van der Waals surface area contributed by atoms with Gasteiger partial charge in [0, 0.05) is 5.92 Å². The Kier molecular flexibility index (Phi) is 6.52. The van der Waals surface area contributed by atoms with Crippen LogP contribution in [0.25, 0.3) is 10.2 Å². The summed E-state index contributed by atoms with van der Waals surface area (Å²) < 4.78 is 45.4. The molecule has 1 aliphatic carbocycles. The molecular weight excluding hydrogens is 481 g/mol. The SMILES string of the molecule is CC(C)(C)C(NC(=O)c1ccc2sc(C3CC3)nc2c1OCc1ccc(C(F)(F)F)cc1)C(=O)O. The van der Waals surface area contributed by atoms with Crippen LogP contribution in [0.15, 0.2) is 36.4 Å². The molecular formula is C25H25F3N2O4S. The predicted molar refractivity (Wildman–Crippen MR) is 126 cm³/mol. The molecule has 1 amide bonds. The Hall–Kier alpha value is -3.14. The summed E-state index contributed by atoms with van der Waals surface area (Å²) in [4.78, 5) is 29.6. The standard InChI is InChI=1S/C25H25F3N2O4S/c1-24(2,3)20(23(32)33)30-21(31)16-10-11-17-18(29-22(35-17)14-6-7-14)19(16)34-12-13-4-8-15(9-5-13)25(26,27)28/h4-5,8-11,14,20H,6-7,12H2,1-3H3,(H,30,31)(H,32,33). The van der Waals surface area contributed by atoms with E-state index in [1.165, 1.54) is 23.5 Å². The molecule has 3 aromatic rings. The number of hydrogen-bond donors (Lipinski definition) is 2. The van der Waals surface area contributed by atoms with Crippen LogP contribution in [0, 0.1) is 5.41 Å². The van der Waals surface area contributed by atoms with Crippen LogP contribution in [0.3, 0.4) is 0 Å². The molecule has 0 bridgehead atoms. The number of carbonyl (C=O) groups is 2. The van der Waals surface area contributed by atoms with Crippen LogP contribution in [0.1, 0.15) is 66.0 Å². The van der Waals surface area contributed by atoms with Crippen LogP contribution < -0.4 is 10.1 Å². The number of aromatic nitrogens is 1. The summed E-state index contributed by atoms with van der Waals surface area (Å²) in [6, 6.07) is 6.76. The first kappa shape index (κ1) is 25.0. The van der Waals surface area contributed by atoms with Crippen molar-refractivity contribution in [3.63, 3.8) is 0 Å². The number of benzene rings is 2. The van der Waals surface area contributed by atoms with Gasteiger partial charge in [0.2, 0.25) is 0 Å². The van der Waals surface area contributed by atoms with Crippen molar-refractivity contribution in [1.29, 1.82) is 0 Å². The minimum atomic E-state index is -4.44. The Balaban J connectivity index is 1.67. The molecule has 2 N–H and O–H groups in total. The molecule has 0 spiro atoms. The number of aliphatic carboxylic acids is 1. The average molecular weight is 507 g/mol. The molecule has 1 heterocycles. The number of carboxylic acid groups (broad SMARTS) is 1. The van der Waals surface area contributed by atoms with Crippen molar-refractivity contribution in [1.82, 2.24) is 10.3 Å². The van der Waals surface area contributed by atoms with Gasteiger partial charge in [-0.2, -0.15) is 13.2 Å². The molecule has 1 atom stereocenters. The number of amides is 1. The number of halogens is 3. The van der Waals surface area contributed by atoms with Gasteiger partial charge in [-0.25, -0.2) is 9.78 Å². The van der Waals surface area contributed by atoms with E-state index in [-0.39, 0.29) is 17.9 Å². The minimum Gasteiger partial charge on any atom is -0.486 e. The number of hydrogen-bond acceptors (Lipinski definition) is 5. The van der Waals surface area contributed by atoms with E-state index in [4.69, 9.17) is 4.74 Å². The van der Waals surface area contributed by atoms with Gasteiger partial charge in [-0.05, 0) is 48.1 Å². The van der Waals surface area contributed by atoms with Crippen molar-refractivity contribution in [3.8, 4) is 5.75 Å². The van der Waals surface area contributed by atoms with Gasteiger partial charge in [0.1, 0.15) is 18.2 Å². The lowest BCUT2D eigenvalue weighted by atomic mass is 9.86. The zero-order valence-corrected chi connectivity index (χ0v) is 20.2. The van der Waals surface area contributed by atoms with Crippen LogP contribution >= 0.6 is 11.3 Å². The fourth-order valence-corrected chi connectivity index (χ4v) is 4.76. The molecule has 1 aromatic heterocycles. The molecule has 35 heavy (non-hydrogen) atoms. The van der Waals surface area contributed by atoms with Crippen LogP contribution in [0.5, 0.6) is 5.75 Å². The van der Waals surface area contributed by atoms with E-state index in [2.05, 4.69) is 10.3 Å². The first-order valence-electron chi connectivity index (χ1n) is 11.1. The lowest BCUT2D eigenvalue weighted by molar-refractivity contribution is -0.142. The lowest BCUT2D eigenvalue weighted by Crippen LogP contribution is -2.49. The van der Waals surface area contributed by atoms with Crippen molar-refractivity contribution in [2.45, 2.75) is 58.4 Å². The highest BCUT2D eigenvalue weighted by Gasteiger charge is 2.34. The number of thiazole rings is 1. The maximum atomic E-state index is 13.2. The minimum absolute atomic E-state index is 0.0878. The highest BCUT2D eigenvalue weighted by Crippen LogP contribution is 2.45. The van der Waals surface area contributed by atoms with E-state index >= 15 is 0 Å². The lowest BCUT2D eigenvalue weighted by Gasteiger charge is -2.28. The quantitative estimate of drug-likeness (QED) is 0.410. The third-order valence-electron chi connectivity index (χ3n) is 5.76. The average Bonchev–Trinajstić information content (AvgIpc) is 3.52. The number of ether oxygens (including phenoxy) is 1. The molecule has 0 radical (unpaired) electrons. The maximum Gasteiger partial charge on any atom is 0.416 e. The third-order valence-corrected chi connectivity index (χ3v) is 6.94. The maximum absolute atomic E-state index is 13.2. The second-order valence-electron chi connectivity index (χ2n) is 9.71. The zero-order chi connectivity index (χ0) is 25.5. The van der Waals surface area contributed by atoms with Crippen molar-refractivity contribution < 1.29 is 32.6 Å². The van der Waals surface area contributed by atoms with E-state index in [1.807, 2.05) is 0 Å². The number of fused-ring (bicyclic) bond motifs is 1. The largest absolute Gasteiger partial charge is 0.486 e. The van der Waals surface area contributed by atoms with Gasteiger partial charge in [0.25, 0.3) is 5.91 Å². The molecule has 6 nitrogen and oxygen atoms in total. The molecule has 1 saturated carbocycles. The van der Waals surface area contributed by atoms with E-state index in [0.29, 0.717) is 17.0 Å². The molecule has 1 fully saturated rings. The Labute approximate surface area is 204 Å². The van der Waals surface area contributed by atoms with Gasteiger partial charge in [0.15, 0.2) is 5.75 Å². The number of carboxylic acids is 1. The van der Waals surface area contributed by atoms with Crippen molar-refractivity contribution in [2.75, 3.05) is 0 Å². The number of nitrogens with one attached hydrogen (secondary N) is 1. The molecule has 1 unspecified atom stereocenters. The molecule has 0 aliphatic heterocycles.